The summed E-state index contributed by atoms with van der Waals surface area (Å²) in [6.45, 7) is 35.5. The van der Waals surface area contributed by atoms with E-state index in [1.165, 1.54) is 37.8 Å². The fourth-order valence-electron chi connectivity index (χ4n) is 6.83. The van der Waals surface area contributed by atoms with Gasteiger partial charge in [0.05, 0.1) is 24.9 Å². The lowest BCUT2D eigenvalue weighted by Crippen LogP contribution is -2.47. The molecule has 0 radical (unpaired) electrons. The molecule has 62 heavy (non-hydrogen) atoms. The van der Waals surface area contributed by atoms with E-state index in [1.54, 1.807) is 12.5 Å². The molecule has 4 unspecified atom stereocenters. The van der Waals surface area contributed by atoms with Crippen LogP contribution >= 0.6 is 0 Å². The van der Waals surface area contributed by atoms with E-state index in [0.29, 0.717) is 42.3 Å². The molecule has 4 aliphatic rings. The van der Waals surface area contributed by atoms with Gasteiger partial charge in [-0.2, -0.15) is 5.10 Å². The number of nitrogens with one attached hydrogen (secondary N) is 7. The monoisotopic (exact) mass is 872 g/mol. The van der Waals surface area contributed by atoms with E-state index in [2.05, 4.69) is 166 Å². The molecule has 8 N–H and O–H groups in total. The van der Waals surface area contributed by atoms with Crippen LogP contribution in [0.5, 0.6) is 0 Å². The van der Waals surface area contributed by atoms with Gasteiger partial charge in [-0.25, -0.2) is 9.97 Å². The van der Waals surface area contributed by atoms with Crippen molar-refractivity contribution < 1.29 is 9.84 Å². The van der Waals surface area contributed by atoms with E-state index < -0.39 is 0 Å². The van der Waals surface area contributed by atoms with E-state index in [4.69, 9.17) is 4.74 Å². The van der Waals surface area contributed by atoms with Gasteiger partial charge in [0.15, 0.2) is 0 Å². The van der Waals surface area contributed by atoms with Crippen LogP contribution in [-0.2, 0) is 11.3 Å². The molecule has 3 fully saturated rings. The first-order chi connectivity index (χ1) is 28.8. The summed E-state index contributed by atoms with van der Waals surface area (Å²) in [6.07, 6.45) is 19.7. The van der Waals surface area contributed by atoms with Crippen LogP contribution in [0.3, 0.4) is 0 Å². The molecule has 13 heteroatoms. The van der Waals surface area contributed by atoms with E-state index >= 15 is 0 Å². The topological polar surface area (TPSA) is 168 Å². The molecule has 13 nitrogen and oxygen atoms in total. The van der Waals surface area contributed by atoms with Crippen molar-refractivity contribution in [1.82, 2.24) is 46.7 Å². The van der Waals surface area contributed by atoms with Crippen LogP contribution < -0.4 is 31.9 Å². The Labute approximate surface area is 380 Å². The highest BCUT2D eigenvalue weighted by molar-refractivity contribution is 5.98. The first kappa shape index (κ1) is 59.2. The zero-order chi connectivity index (χ0) is 45.6. The highest BCUT2D eigenvalue weighted by Gasteiger charge is 2.33. The fourth-order valence-corrected chi connectivity index (χ4v) is 6.83. The minimum absolute atomic E-state index is 0. The Morgan fingerprint density at radius 1 is 0.742 bits per heavy atom. The molecule has 4 heterocycles. The van der Waals surface area contributed by atoms with Gasteiger partial charge in [-0.1, -0.05) is 96.6 Å². The molecule has 0 aromatic carbocycles. The summed E-state index contributed by atoms with van der Waals surface area (Å²) in [7, 11) is 0. The Morgan fingerprint density at radius 3 is 1.79 bits per heavy atom. The lowest BCUT2D eigenvalue weighted by molar-refractivity contribution is -0.0325. The number of hydrogen-bond donors (Lipinski definition) is 8. The van der Waals surface area contributed by atoms with Gasteiger partial charge in [-0.3, -0.25) is 10.1 Å². The van der Waals surface area contributed by atoms with Crippen molar-refractivity contribution in [3.05, 3.63) is 48.7 Å². The Balaban J connectivity index is 0.000000719. The summed E-state index contributed by atoms with van der Waals surface area (Å²) in [5.74, 6) is 2.65. The van der Waals surface area contributed by atoms with Crippen molar-refractivity contribution in [3.63, 3.8) is 0 Å². The van der Waals surface area contributed by atoms with E-state index in [-0.39, 0.29) is 13.0 Å². The summed E-state index contributed by atoms with van der Waals surface area (Å²) in [4.78, 5) is 12.1. The number of aliphatic hydroxyl groups is 1. The minimum atomic E-state index is -0.357. The smallest absolute Gasteiger partial charge is 0.121 e. The number of hydrogen-bond acceptors (Lipinski definition) is 12. The molecule has 2 aromatic heterocycles. The molecule has 6 rings (SSSR count). The number of ether oxygens (including phenoxy) is 1. The molecule has 2 aliphatic heterocycles. The zero-order valence-electron chi connectivity index (χ0n) is 41.2. The maximum Gasteiger partial charge on any atom is 0.121 e. The first-order valence-corrected chi connectivity index (χ1v) is 23.6. The van der Waals surface area contributed by atoms with Gasteiger partial charge in [0.2, 0.25) is 0 Å². The number of rotatable bonds is 15. The number of aromatic amines is 1. The van der Waals surface area contributed by atoms with Crippen LogP contribution in [-0.4, -0.2) is 118 Å². The van der Waals surface area contributed by atoms with Crippen LogP contribution in [0.15, 0.2) is 48.1 Å². The van der Waals surface area contributed by atoms with Crippen molar-refractivity contribution in [1.29, 1.82) is 0 Å². The minimum Gasteiger partial charge on any atom is -0.389 e. The molecule has 0 spiro atoms. The molecule has 2 aliphatic carbocycles. The molecule has 2 saturated carbocycles. The SMILES string of the molecule is C.CC(C)NCC1(O)CCC1.CC(C)NCC1=NCC=C1.CC(C)NCc1cncnc1.CC(C)Nc1ccn[nH]1.CC1CCC(NC(C)C)C1.CC1COCC(NC(C)C)C1. The number of H-pyrrole nitrogens is 1. The second-order valence-electron chi connectivity index (χ2n) is 19.3. The molecule has 0 bridgehead atoms. The maximum absolute atomic E-state index is 9.60. The second kappa shape index (κ2) is 34.6. The summed E-state index contributed by atoms with van der Waals surface area (Å²) in [5, 5.41) is 36.2. The fraction of sp³-hybridized carbons (Fsp3) is 0.796. The molecule has 0 amide bonds. The third-order valence-corrected chi connectivity index (χ3v) is 10.0. The molecule has 1 saturated heterocycles. The Morgan fingerprint density at radius 2 is 1.34 bits per heavy atom. The molecular weight excluding hydrogens is 775 g/mol. The Kier molecular flexibility index (Phi) is 33.1. The summed E-state index contributed by atoms with van der Waals surface area (Å²) < 4.78 is 5.43. The van der Waals surface area contributed by atoms with Crippen LogP contribution in [0, 0.1) is 11.8 Å². The summed E-state index contributed by atoms with van der Waals surface area (Å²) in [5.41, 5.74) is 1.94. The lowest BCUT2D eigenvalue weighted by atomic mass is 9.80. The second-order valence-corrected chi connectivity index (χ2v) is 19.3. The third kappa shape index (κ3) is 32.8. The highest BCUT2D eigenvalue weighted by atomic mass is 16.5. The summed E-state index contributed by atoms with van der Waals surface area (Å²) >= 11 is 0. The predicted octanol–water partition coefficient (Wildman–Crippen LogP) is 8.32. The van der Waals surface area contributed by atoms with E-state index in [1.807, 2.05) is 18.5 Å². The van der Waals surface area contributed by atoms with Gasteiger partial charge in [0.1, 0.15) is 12.1 Å². The van der Waals surface area contributed by atoms with Gasteiger partial charge in [0, 0.05) is 98.2 Å². The van der Waals surface area contributed by atoms with Crippen molar-refractivity contribution in [2.24, 2.45) is 16.8 Å². The van der Waals surface area contributed by atoms with Crippen molar-refractivity contribution in [2.45, 2.75) is 210 Å². The standard InChI is InChI=1S/C9H19NO.C9H19N.C8H13N3.C8H14N2.C8H17NO.C6H11N3.CH4/c1-7(2)10-9-4-8(3)5-11-6-9;1-7(2)10-9-5-4-8(3)6-9;1-7(2)11-5-8-3-9-6-10-4-8;1-7(2)10-6-8-4-3-5-9-8;1-7(2)9-6-8(10)4-3-5-8;1-5(2)8-6-3-4-7-9-6;/h7-10H,4-6H2,1-3H3;7-10H,4-6H2,1-3H3;3-4,6-7,11H,5H2,1-2H3;3-4,7,10H,5-6H2,1-2H3;7,9-10H,3-6H2,1-2H3;3-5H,1-2H3,(H2,7,8,9);1H4. The predicted molar refractivity (Wildman–Crippen MR) is 266 cm³/mol. The van der Waals surface area contributed by atoms with Gasteiger partial charge in [-0.05, 0) is 82.8 Å². The molecule has 4 atom stereocenters. The van der Waals surface area contributed by atoms with Gasteiger partial charge >= 0.3 is 0 Å². The van der Waals surface area contributed by atoms with Gasteiger partial charge in [0.25, 0.3) is 0 Å². The van der Waals surface area contributed by atoms with Crippen LogP contribution in [0.1, 0.15) is 155 Å². The molecular formula is C49H97N11O2. The summed E-state index contributed by atoms with van der Waals surface area (Å²) in [6, 6.07) is 6.56. The van der Waals surface area contributed by atoms with Crippen LogP contribution in [0.2, 0.25) is 0 Å². The molecule has 2 aromatic rings. The largest absolute Gasteiger partial charge is 0.389 e. The normalized spacial score (nSPS) is 20.9. The van der Waals surface area contributed by atoms with E-state index in [9.17, 15) is 5.11 Å². The van der Waals surface area contributed by atoms with Crippen LogP contribution in [0.4, 0.5) is 5.82 Å². The van der Waals surface area contributed by atoms with Crippen LogP contribution in [0.25, 0.3) is 0 Å². The Hall–Kier alpha value is -2.78. The first-order valence-electron chi connectivity index (χ1n) is 23.6. The lowest BCUT2D eigenvalue weighted by Gasteiger charge is -2.37. The zero-order valence-corrected chi connectivity index (χ0v) is 41.2. The number of aliphatic imine (C=N–C) groups is 1. The highest BCUT2D eigenvalue weighted by Crippen LogP contribution is 2.30. The quantitative estimate of drug-likeness (QED) is 0.0867. The molecule has 360 valence electrons. The maximum atomic E-state index is 9.60. The number of aromatic nitrogens is 4. The van der Waals surface area contributed by atoms with Crippen molar-refractivity contribution >= 4 is 11.5 Å². The van der Waals surface area contributed by atoms with Crippen molar-refractivity contribution in [2.75, 3.05) is 38.2 Å². The van der Waals surface area contributed by atoms with Crippen molar-refractivity contribution in [3.8, 4) is 0 Å². The van der Waals surface area contributed by atoms with E-state index in [0.717, 1.165) is 81.5 Å². The third-order valence-electron chi connectivity index (χ3n) is 10.0. The average molecular weight is 872 g/mol. The number of nitrogens with zero attached hydrogens (tertiary/aromatic N) is 4. The number of anilines is 1. The Bertz CT molecular complexity index is 1360. The van der Waals surface area contributed by atoms with Gasteiger partial charge in [-0.15, -0.1) is 0 Å². The van der Waals surface area contributed by atoms with Gasteiger partial charge < -0.3 is 41.7 Å². The average Bonchev–Trinajstić information content (AvgIpc) is 3.97.